The monoisotopic (exact) mass is 306 g/mol. The van der Waals surface area contributed by atoms with Gasteiger partial charge in [-0.1, -0.05) is 37.3 Å². The summed E-state index contributed by atoms with van der Waals surface area (Å²) in [5, 5.41) is 2.87. The van der Waals surface area contributed by atoms with Crippen LogP contribution in [0.3, 0.4) is 0 Å². The van der Waals surface area contributed by atoms with Crippen LogP contribution in [0.4, 0.5) is 0 Å². The number of carbonyl (C=O) groups is 2. The third-order valence-electron chi connectivity index (χ3n) is 3.83. The minimum Gasteiger partial charge on any atom is -0.339 e. The summed E-state index contributed by atoms with van der Waals surface area (Å²) < 4.78 is 0. The summed E-state index contributed by atoms with van der Waals surface area (Å²) in [5.41, 5.74) is 0.840. The number of piperazine rings is 1. The molecule has 3 unspecified atom stereocenters. The fourth-order valence-electron chi connectivity index (χ4n) is 2.83. The first-order valence-electron chi connectivity index (χ1n) is 7.26. The molecule has 1 aromatic rings. The maximum absolute atomic E-state index is 12.9. The van der Waals surface area contributed by atoms with E-state index in [1.807, 2.05) is 50.4 Å². The molecule has 2 rings (SSSR count). The van der Waals surface area contributed by atoms with Crippen molar-refractivity contribution in [2.45, 2.75) is 38.4 Å². The smallest absolute Gasteiger partial charge is 0.250 e. The number of rotatable bonds is 5. The number of thioether (sulfide) groups is 1. The van der Waals surface area contributed by atoms with Gasteiger partial charge in [-0.05, 0) is 25.2 Å². The number of carbonyl (C=O) groups excluding carboxylic acids is 2. The van der Waals surface area contributed by atoms with Gasteiger partial charge in [0.1, 0.15) is 12.1 Å². The standard InChI is InChI=1S/C16H22N2O2S/c1-4-13-15(19)17-14(12-8-6-5-7-9-12)16(20)18(13)11(2)10-21-3/h5-9,11,13-14H,4,10H2,1-3H3,(H,17,19). The van der Waals surface area contributed by atoms with Gasteiger partial charge in [0, 0.05) is 11.8 Å². The number of amides is 2. The largest absolute Gasteiger partial charge is 0.339 e. The highest BCUT2D eigenvalue weighted by Gasteiger charge is 2.42. The van der Waals surface area contributed by atoms with Crippen LogP contribution in [0, 0.1) is 0 Å². The Bertz CT molecular complexity index is 506. The average Bonchev–Trinajstić information content (AvgIpc) is 2.49. The number of nitrogens with zero attached hydrogens (tertiary/aromatic N) is 1. The van der Waals surface area contributed by atoms with Gasteiger partial charge in [0.2, 0.25) is 5.91 Å². The summed E-state index contributed by atoms with van der Waals surface area (Å²) in [6.45, 7) is 3.96. The lowest BCUT2D eigenvalue weighted by Gasteiger charge is -2.42. The Kier molecular flexibility index (Phi) is 5.28. The van der Waals surface area contributed by atoms with E-state index in [-0.39, 0.29) is 23.9 Å². The molecular formula is C16H22N2O2S. The van der Waals surface area contributed by atoms with Gasteiger partial charge in [0.25, 0.3) is 5.91 Å². The molecule has 0 aromatic heterocycles. The van der Waals surface area contributed by atoms with Gasteiger partial charge in [-0.2, -0.15) is 11.8 Å². The van der Waals surface area contributed by atoms with Gasteiger partial charge in [-0.3, -0.25) is 9.59 Å². The number of hydrogen-bond acceptors (Lipinski definition) is 3. The minimum atomic E-state index is -0.564. The van der Waals surface area contributed by atoms with Crippen LogP contribution < -0.4 is 5.32 Å². The highest BCUT2D eigenvalue weighted by atomic mass is 32.2. The zero-order valence-corrected chi connectivity index (χ0v) is 13.5. The molecule has 1 N–H and O–H groups in total. The molecule has 114 valence electrons. The van der Waals surface area contributed by atoms with Gasteiger partial charge in [-0.25, -0.2) is 0 Å². The second-order valence-electron chi connectivity index (χ2n) is 5.33. The molecule has 0 spiro atoms. The van der Waals surface area contributed by atoms with Crippen molar-refractivity contribution in [3.63, 3.8) is 0 Å². The van der Waals surface area contributed by atoms with E-state index in [9.17, 15) is 9.59 Å². The Balaban J connectivity index is 2.31. The van der Waals surface area contributed by atoms with Crippen LogP contribution in [0.1, 0.15) is 31.9 Å². The molecule has 1 aliphatic rings. The summed E-state index contributed by atoms with van der Waals surface area (Å²) in [4.78, 5) is 27.0. The van der Waals surface area contributed by atoms with E-state index < -0.39 is 6.04 Å². The second-order valence-corrected chi connectivity index (χ2v) is 6.24. The van der Waals surface area contributed by atoms with Crippen LogP contribution in [0.25, 0.3) is 0 Å². The predicted molar refractivity (Wildman–Crippen MR) is 86.1 cm³/mol. The van der Waals surface area contributed by atoms with Gasteiger partial charge >= 0.3 is 0 Å². The lowest BCUT2D eigenvalue weighted by molar-refractivity contribution is -0.151. The average molecular weight is 306 g/mol. The van der Waals surface area contributed by atoms with Gasteiger partial charge in [0.15, 0.2) is 0 Å². The van der Waals surface area contributed by atoms with Crippen LogP contribution in [0.15, 0.2) is 30.3 Å². The maximum atomic E-state index is 12.9. The third kappa shape index (κ3) is 3.23. The molecule has 0 saturated carbocycles. The quantitative estimate of drug-likeness (QED) is 0.907. The van der Waals surface area contributed by atoms with Crippen molar-refractivity contribution in [1.82, 2.24) is 10.2 Å². The molecule has 1 heterocycles. The SMILES string of the molecule is CCC1C(=O)NC(c2ccccc2)C(=O)N1C(C)CSC. The van der Waals surface area contributed by atoms with Crippen LogP contribution in [-0.2, 0) is 9.59 Å². The first-order valence-corrected chi connectivity index (χ1v) is 8.66. The van der Waals surface area contributed by atoms with E-state index in [2.05, 4.69) is 5.32 Å². The van der Waals surface area contributed by atoms with Crippen molar-refractivity contribution in [3.8, 4) is 0 Å². The minimum absolute atomic E-state index is 0.00537. The molecule has 4 nitrogen and oxygen atoms in total. The normalized spacial score (nSPS) is 23.9. The zero-order chi connectivity index (χ0) is 15.4. The first-order chi connectivity index (χ1) is 10.1. The summed E-state index contributed by atoms with van der Waals surface area (Å²) >= 11 is 1.69. The Morgan fingerprint density at radius 1 is 1.29 bits per heavy atom. The molecule has 21 heavy (non-hydrogen) atoms. The fraction of sp³-hybridized carbons (Fsp3) is 0.500. The number of hydrogen-bond donors (Lipinski definition) is 1. The topological polar surface area (TPSA) is 49.4 Å². The van der Waals surface area contributed by atoms with Crippen molar-refractivity contribution in [2.24, 2.45) is 0 Å². The lowest BCUT2D eigenvalue weighted by Crippen LogP contribution is -2.62. The van der Waals surface area contributed by atoms with Gasteiger partial charge < -0.3 is 10.2 Å². The predicted octanol–water partition coefficient (Wildman–Crippen LogP) is 2.22. The molecular weight excluding hydrogens is 284 g/mol. The number of nitrogens with one attached hydrogen (secondary N) is 1. The fourth-order valence-corrected chi connectivity index (χ4v) is 3.47. The van der Waals surface area contributed by atoms with E-state index >= 15 is 0 Å². The summed E-state index contributed by atoms with van der Waals surface area (Å²) in [7, 11) is 0. The van der Waals surface area contributed by atoms with Crippen molar-refractivity contribution in [3.05, 3.63) is 35.9 Å². The molecule has 1 aliphatic heterocycles. The van der Waals surface area contributed by atoms with Crippen molar-refractivity contribution < 1.29 is 9.59 Å². The molecule has 1 aromatic carbocycles. The summed E-state index contributed by atoms with van der Waals surface area (Å²) in [6.07, 6.45) is 2.65. The molecule has 2 amide bonds. The van der Waals surface area contributed by atoms with E-state index in [4.69, 9.17) is 0 Å². The molecule has 0 aliphatic carbocycles. The Morgan fingerprint density at radius 2 is 1.95 bits per heavy atom. The van der Waals surface area contributed by atoms with Gasteiger partial charge in [-0.15, -0.1) is 0 Å². The third-order valence-corrected chi connectivity index (χ3v) is 4.64. The van der Waals surface area contributed by atoms with Crippen LogP contribution in [-0.4, -0.2) is 40.8 Å². The Hall–Kier alpha value is -1.49. The van der Waals surface area contributed by atoms with E-state index in [1.165, 1.54) is 0 Å². The summed E-state index contributed by atoms with van der Waals surface area (Å²) in [5.74, 6) is 0.768. The summed E-state index contributed by atoms with van der Waals surface area (Å²) in [6, 6.07) is 8.56. The van der Waals surface area contributed by atoms with Crippen molar-refractivity contribution in [1.29, 1.82) is 0 Å². The maximum Gasteiger partial charge on any atom is 0.250 e. The van der Waals surface area contributed by atoms with Crippen LogP contribution >= 0.6 is 11.8 Å². The van der Waals surface area contributed by atoms with Crippen LogP contribution in [0.2, 0.25) is 0 Å². The second kappa shape index (κ2) is 6.98. The molecule has 0 bridgehead atoms. The van der Waals surface area contributed by atoms with Crippen molar-refractivity contribution >= 4 is 23.6 Å². The lowest BCUT2D eigenvalue weighted by atomic mass is 9.98. The molecule has 1 fully saturated rings. The number of benzene rings is 1. The molecule has 3 atom stereocenters. The van der Waals surface area contributed by atoms with Gasteiger partial charge in [0.05, 0.1) is 0 Å². The first kappa shape index (κ1) is 15.9. The highest BCUT2D eigenvalue weighted by molar-refractivity contribution is 7.98. The van der Waals surface area contributed by atoms with E-state index in [1.54, 1.807) is 16.7 Å². The molecule has 1 saturated heterocycles. The van der Waals surface area contributed by atoms with E-state index in [0.29, 0.717) is 6.42 Å². The van der Waals surface area contributed by atoms with E-state index in [0.717, 1.165) is 11.3 Å². The van der Waals surface area contributed by atoms with Crippen LogP contribution in [0.5, 0.6) is 0 Å². The Labute approximate surface area is 130 Å². The Morgan fingerprint density at radius 3 is 2.52 bits per heavy atom. The zero-order valence-electron chi connectivity index (χ0n) is 12.7. The van der Waals surface area contributed by atoms with Crippen molar-refractivity contribution in [2.75, 3.05) is 12.0 Å². The molecule has 0 radical (unpaired) electrons. The highest BCUT2D eigenvalue weighted by Crippen LogP contribution is 2.26. The molecule has 5 heteroatoms.